The summed E-state index contributed by atoms with van der Waals surface area (Å²) in [5.41, 5.74) is -0.105. The van der Waals surface area contributed by atoms with Crippen molar-refractivity contribution in [1.29, 1.82) is 0 Å². The summed E-state index contributed by atoms with van der Waals surface area (Å²) >= 11 is 0. The Morgan fingerprint density at radius 1 is 0.778 bits per heavy atom. The lowest BCUT2D eigenvalue weighted by Crippen LogP contribution is -2.01. The Balaban J connectivity index is 4.64. The van der Waals surface area contributed by atoms with Crippen molar-refractivity contribution in [3.63, 3.8) is 0 Å². The zero-order chi connectivity index (χ0) is 20.3. The number of hydrogen-bond donors (Lipinski definition) is 0. The van der Waals surface area contributed by atoms with Gasteiger partial charge >= 0.3 is 0 Å². The van der Waals surface area contributed by atoms with Crippen LogP contribution in [0.15, 0.2) is 47.9 Å². The van der Waals surface area contributed by atoms with Crippen LogP contribution in [0.1, 0.15) is 71.1 Å². The van der Waals surface area contributed by atoms with Crippen LogP contribution >= 0.6 is 0 Å². The average molecular weight is 378 g/mol. The van der Waals surface area contributed by atoms with Crippen molar-refractivity contribution in [3.05, 3.63) is 68.1 Å². The van der Waals surface area contributed by atoms with Crippen LogP contribution in [-0.2, 0) is 4.79 Å². The molecule has 0 aliphatic carbocycles. The van der Waals surface area contributed by atoms with Gasteiger partial charge in [0.2, 0.25) is 11.4 Å². The SMILES string of the molecule is CCCCC/C=C/C/C=C(/C/C=C(/C/C=C/CCCC=O)[N+](=O)[O-])[N+](=O)[O-]. The molecule has 0 aliphatic heterocycles. The van der Waals surface area contributed by atoms with E-state index in [1.807, 2.05) is 12.2 Å². The molecule has 0 radical (unpaired) electrons. The Kier molecular flexibility index (Phi) is 15.3. The van der Waals surface area contributed by atoms with Crippen molar-refractivity contribution in [1.82, 2.24) is 0 Å². The summed E-state index contributed by atoms with van der Waals surface area (Å²) in [6, 6.07) is 0. The lowest BCUT2D eigenvalue weighted by Gasteiger charge is -1.97. The van der Waals surface area contributed by atoms with Crippen LogP contribution in [0, 0.1) is 20.2 Å². The van der Waals surface area contributed by atoms with Gasteiger partial charge in [-0.3, -0.25) is 20.2 Å². The smallest absolute Gasteiger partial charge is 0.246 e. The van der Waals surface area contributed by atoms with Gasteiger partial charge in [-0.05, 0) is 44.3 Å². The molecular formula is C20H30N2O5. The molecular weight excluding hydrogens is 348 g/mol. The lowest BCUT2D eigenvalue weighted by molar-refractivity contribution is -0.431. The van der Waals surface area contributed by atoms with Crippen LogP contribution in [0.3, 0.4) is 0 Å². The first-order chi connectivity index (χ1) is 13.0. The molecule has 0 atom stereocenters. The predicted octanol–water partition coefficient (Wildman–Crippen LogP) is 5.54. The summed E-state index contributed by atoms with van der Waals surface area (Å²) in [6.07, 6.45) is 17.7. The second kappa shape index (κ2) is 16.9. The number of allylic oxidation sites excluding steroid dienone is 6. The lowest BCUT2D eigenvalue weighted by atomic mass is 10.1. The Labute approximate surface area is 160 Å². The molecule has 0 heterocycles. The third kappa shape index (κ3) is 14.3. The minimum atomic E-state index is -0.513. The molecule has 0 rings (SSSR count). The Morgan fingerprint density at radius 2 is 1.41 bits per heavy atom. The fourth-order valence-corrected chi connectivity index (χ4v) is 2.26. The Morgan fingerprint density at radius 3 is 2.04 bits per heavy atom. The van der Waals surface area contributed by atoms with Gasteiger partial charge in [-0.2, -0.15) is 0 Å². The van der Waals surface area contributed by atoms with Crippen molar-refractivity contribution in [2.75, 3.05) is 0 Å². The van der Waals surface area contributed by atoms with Crippen LogP contribution in [-0.4, -0.2) is 16.1 Å². The first-order valence-electron chi connectivity index (χ1n) is 9.43. The monoisotopic (exact) mass is 378 g/mol. The quantitative estimate of drug-likeness (QED) is 0.115. The Hall–Kier alpha value is -2.57. The topological polar surface area (TPSA) is 103 Å². The van der Waals surface area contributed by atoms with Gasteiger partial charge in [-0.1, -0.05) is 44.1 Å². The highest BCUT2D eigenvalue weighted by molar-refractivity contribution is 5.49. The highest BCUT2D eigenvalue weighted by atomic mass is 16.6. The zero-order valence-corrected chi connectivity index (χ0v) is 16.0. The highest BCUT2D eigenvalue weighted by Gasteiger charge is 2.13. The number of rotatable bonds is 16. The molecule has 0 saturated carbocycles. The normalized spacial score (nSPS) is 12.8. The van der Waals surface area contributed by atoms with Crippen molar-refractivity contribution in [2.45, 2.75) is 71.1 Å². The maximum atomic E-state index is 11.1. The van der Waals surface area contributed by atoms with E-state index in [4.69, 9.17) is 0 Å². The van der Waals surface area contributed by atoms with E-state index in [0.29, 0.717) is 25.7 Å². The standard InChI is InChI=1S/C20H30N2O5/c1-2-3-4-5-6-8-11-14-19(21(24)25)16-17-20(22(26)27)15-12-9-7-10-13-18-23/h6,8-9,12,14,17-18H,2-5,7,10-11,13,15-16H2,1H3/b8-6+,12-9+,19-14-,20-17-. The van der Waals surface area contributed by atoms with Gasteiger partial charge in [-0.15, -0.1) is 0 Å². The molecule has 7 nitrogen and oxygen atoms in total. The van der Waals surface area contributed by atoms with Gasteiger partial charge < -0.3 is 4.79 Å². The van der Waals surface area contributed by atoms with Crippen LogP contribution in [0.4, 0.5) is 0 Å². The van der Waals surface area contributed by atoms with Gasteiger partial charge in [0.25, 0.3) is 0 Å². The molecule has 27 heavy (non-hydrogen) atoms. The molecule has 0 amide bonds. The zero-order valence-electron chi connectivity index (χ0n) is 16.0. The summed E-state index contributed by atoms with van der Waals surface area (Å²) in [5, 5.41) is 22.2. The third-order valence-corrected chi connectivity index (χ3v) is 3.83. The van der Waals surface area contributed by atoms with Crippen molar-refractivity contribution in [3.8, 4) is 0 Å². The van der Waals surface area contributed by atoms with Crippen LogP contribution < -0.4 is 0 Å². The first-order valence-corrected chi connectivity index (χ1v) is 9.43. The van der Waals surface area contributed by atoms with Gasteiger partial charge in [0.1, 0.15) is 6.29 Å². The van der Waals surface area contributed by atoms with Gasteiger partial charge in [0, 0.05) is 6.42 Å². The maximum Gasteiger partial charge on any atom is 0.246 e. The molecule has 0 bridgehead atoms. The summed E-state index contributed by atoms with van der Waals surface area (Å²) in [4.78, 5) is 31.4. The van der Waals surface area contributed by atoms with Gasteiger partial charge in [-0.25, -0.2) is 0 Å². The number of carbonyl (C=O) groups is 1. The van der Waals surface area contributed by atoms with Crippen LogP contribution in [0.5, 0.6) is 0 Å². The molecule has 0 unspecified atom stereocenters. The summed E-state index contributed by atoms with van der Waals surface area (Å²) < 4.78 is 0. The third-order valence-electron chi connectivity index (χ3n) is 3.83. The molecule has 7 heteroatoms. The maximum absolute atomic E-state index is 11.1. The molecule has 0 aromatic heterocycles. The molecule has 0 spiro atoms. The van der Waals surface area contributed by atoms with E-state index in [1.165, 1.54) is 18.6 Å². The molecule has 0 aromatic rings. The molecule has 0 N–H and O–H groups in total. The number of aldehydes is 1. The second-order valence-electron chi connectivity index (χ2n) is 6.09. The largest absolute Gasteiger partial charge is 0.303 e. The molecule has 0 aromatic carbocycles. The molecule has 0 saturated heterocycles. The molecule has 0 fully saturated rings. The predicted molar refractivity (Wildman–Crippen MR) is 106 cm³/mol. The number of nitro groups is 2. The van der Waals surface area contributed by atoms with Crippen LogP contribution in [0.2, 0.25) is 0 Å². The summed E-state index contributed by atoms with van der Waals surface area (Å²) in [7, 11) is 0. The number of unbranched alkanes of at least 4 members (excludes halogenated alkanes) is 5. The molecule has 0 aliphatic rings. The summed E-state index contributed by atoms with van der Waals surface area (Å²) in [5.74, 6) is 0. The van der Waals surface area contributed by atoms with E-state index < -0.39 is 9.85 Å². The fraction of sp³-hybridized carbons (Fsp3) is 0.550. The van der Waals surface area contributed by atoms with E-state index in [-0.39, 0.29) is 24.2 Å². The average Bonchev–Trinajstić information content (AvgIpc) is 2.63. The van der Waals surface area contributed by atoms with Gasteiger partial charge in [0.05, 0.1) is 22.7 Å². The van der Waals surface area contributed by atoms with E-state index in [2.05, 4.69) is 6.92 Å². The van der Waals surface area contributed by atoms with Crippen LogP contribution in [0.25, 0.3) is 0 Å². The molecule has 150 valence electrons. The summed E-state index contributed by atoms with van der Waals surface area (Å²) in [6.45, 7) is 2.13. The number of nitrogens with zero attached hydrogens (tertiary/aromatic N) is 2. The number of carbonyl (C=O) groups excluding carboxylic acids is 1. The van der Waals surface area contributed by atoms with Crippen molar-refractivity contribution in [2.24, 2.45) is 0 Å². The van der Waals surface area contributed by atoms with E-state index >= 15 is 0 Å². The Bertz CT molecular complexity index is 577. The van der Waals surface area contributed by atoms with E-state index in [1.54, 1.807) is 12.2 Å². The second-order valence-corrected chi connectivity index (χ2v) is 6.09. The first kappa shape index (κ1) is 24.4. The fourth-order valence-electron chi connectivity index (χ4n) is 2.26. The van der Waals surface area contributed by atoms with E-state index in [0.717, 1.165) is 25.5 Å². The van der Waals surface area contributed by atoms with Gasteiger partial charge in [0.15, 0.2) is 0 Å². The highest BCUT2D eigenvalue weighted by Crippen LogP contribution is 2.12. The number of hydrogen-bond acceptors (Lipinski definition) is 5. The minimum Gasteiger partial charge on any atom is -0.303 e. The van der Waals surface area contributed by atoms with Crippen molar-refractivity contribution < 1.29 is 14.6 Å². The van der Waals surface area contributed by atoms with Crippen molar-refractivity contribution >= 4 is 6.29 Å². The minimum absolute atomic E-state index is 0.0393. The van der Waals surface area contributed by atoms with E-state index in [9.17, 15) is 25.0 Å².